The number of rotatable bonds is 6. The van der Waals surface area contributed by atoms with Crippen LogP contribution >= 0.6 is 0 Å². The summed E-state index contributed by atoms with van der Waals surface area (Å²) in [5, 5.41) is 7.89. The minimum atomic E-state index is 0.140. The number of nitrogens with zero attached hydrogens (tertiary/aromatic N) is 2. The molecule has 3 N–H and O–H groups in total. The van der Waals surface area contributed by atoms with Crippen LogP contribution in [0.25, 0.3) is 0 Å². The molecule has 2 fully saturated rings. The number of nitrogens with two attached hydrogens (primary N) is 1. The summed E-state index contributed by atoms with van der Waals surface area (Å²) in [4.78, 5) is 7.12. The molecule has 0 atom stereocenters. The van der Waals surface area contributed by atoms with Gasteiger partial charge in [0.2, 0.25) is 0 Å². The molecule has 20 heavy (non-hydrogen) atoms. The van der Waals surface area contributed by atoms with E-state index < -0.39 is 0 Å². The largest absolute Gasteiger partial charge is 0.384 e. The third kappa shape index (κ3) is 2.94. The maximum Gasteiger partial charge on any atom is 0.140 e. The van der Waals surface area contributed by atoms with E-state index in [1.807, 2.05) is 19.9 Å². The van der Waals surface area contributed by atoms with Gasteiger partial charge in [-0.05, 0) is 63.0 Å². The fourth-order valence-electron chi connectivity index (χ4n) is 2.85. The predicted molar refractivity (Wildman–Crippen MR) is 82.4 cm³/mol. The molecule has 0 spiro atoms. The van der Waals surface area contributed by atoms with E-state index in [1.165, 1.54) is 25.7 Å². The third-order valence-electron chi connectivity index (χ3n) is 4.25. The number of amidine groups is 1. The molecule has 0 saturated heterocycles. The van der Waals surface area contributed by atoms with Gasteiger partial charge in [-0.3, -0.25) is 5.41 Å². The lowest BCUT2D eigenvalue weighted by molar-refractivity contribution is 0.669. The van der Waals surface area contributed by atoms with Crippen LogP contribution in [-0.2, 0) is 0 Å². The molecule has 1 aromatic heterocycles. The highest BCUT2D eigenvalue weighted by Crippen LogP contribution is 2.36. The number of aryl methyl sites for hydroxylation is 2. The lowest BCUT2D eigenvalue weighted by Gasteiger charge is -2.27. The van der Waals surface area contributed by atoms with Gasteiger partial charge in [0, 0.05) is 18.8 Å². The van der Waals surface area contributed by atoms with E-state index in [-0.39, 0.29) is 5.84 Å². The molecule has 2 aliphatic rings. The summed E-state index contributed by atoms with van der Waals surface area (Å²) in [5.41, 5.74) is 8.72. The van der Waals surface area contributed by atoms with Crippen molar-refractivity contribution in [1.29, 1.82) is 5.41 Å². The first-order valence-electron chi connectivity index (χ1n) is 7.62. The van der Waals surface area contributed by atoms with Crippen molar-refractivity contribution in [2.75, 3.05) is 18.0 Å². The number of nitrogens with one attached hydrogen (secondary N) is 1. The molecule has 0 aliphatic heterocycles. The van der Waals surface area contributed by atoms with Crippen LogP contribution < -0.4 is 10.6 Å². The van der Waals surface area contributed by atoms with Crippen molar-refractivity contribution in [2.45, 2.75) is 39.5 Å². The molecule has 0 unspecified atom stereocenters. The first-order chi connectivity index (χ1) is 9.54. The van der Waals surface area contributed by atoms with Crippen LogP contribution in [0.4, 0.5) is 5.82 Å². The molecular weight excluding hydrogens is 248 g/mol. The van der Waals surface area contributed by atoms with Crippen molar-refractivity contribution in [2.24, 2.45) is 17.6 Å². The number of hydrogen-bond donors (Lipinski definition) is 2. The summed E-state index contributed by atoms with van der Waals surface area (Å²) in [6.45, 7) is 6.20. The molecule has 4 nitrogen and oxygen atoms in total. The van der Waals surface area contributed by atoms with Gasteiger partial charge < -0.3 is 10.6 Å². The average Bonchev–Trinajstić information content (AvgIpc) is 3.21. The lowest BCUT2D eigenvalue weighted by Crippen LogP contribution is -2.32. The second kappa shape index (κ2) is 5.08. The number of aromatic nitrogens is 1. The van der Waals surface area contributed by atoms with Gasteiger partial charge in [-0.15, -0.1) is 0 Å². The second-order valence-corrected chi connectivity index (χ2v) is 6.48. The SMILES string of the molecule is Cc1cc(C)c(C(=N)N)c(N(CC2CC2)CC2CC2)n1. The fourth-order valence-corrected chi connectivity index (χ4v) is 2.85. The maximum atomic E-state index is 7.89. The third-order valence-corrected chi connectivity index (χ3v) is 4.25. The van der Waals surface area contributed by atoms with E-state index in [0.717, 1.165) is 47.6 Å². The highest BCUT2D eigenvalue weighted by atomic mass is 15.2. The maximum absolute atomic E-state index is 7.89. The van der Waals surface area contributed by atoms with Crippen LogP contribution in [0.1, 0.15) is 42.5 Å². The molecule has 0 bridgehead atoms. The number of nitrogen functional groups attached to an aromatic ring is 1. The van der Waals surface area contributed by atoms with Gasteiger partial charge in [0.1, 0.15) is 11.7 Å². The fraction of sp³-hybridized carbons (Fsp3) is 0.625. The zero-order chi connectivity index (χ0) is 14.3. The monoisotopic (exact) mass is 272 g/mol. The minimum Gasteiger partial charge on any atom is -0.384 e. The summed E-state index contributed by atoms with van der Waals surface area (Å²) in [6, 6.07) is 2.02. The van der Waals surface area contributed by atoms with Gasteiger partial charge in [0.05, 0.1) is 5.56 Å². The molecule has 0 radical (unpaired) electrons. The van der Waals surface area contributed by atoms with Crippen LogP contribution in [0.3, 0.4) is 0 Å². The Kier molecular flexibility index (Phi) is 3.40. The van der Waals surface area contributed by atoms with Crippen LogP contribution in [0, 0.1) is 31.1 Å². The number of anilines is 1. The topological polar surface area (TPSA) is 66.0 Å². The van der Waals surface area contributed by atoms with Gasteiger partial charge in [-0.2, -0.15) is 0 Å². The molecule has 1 aromatic rings. The molecule has 0 amide bonds. The van der Waals surface area contributed by atoms with Gasteiger partial charge >= 0.3 is 0 Å². The van der Waals surface area contributed by atoms with E-state index in [2.05, 4.69) is 4.90 Å². The zero-order valence-corrected chi connectivity index (χ0v) is 12.4. The summed E-state index contributed by atoms with van der Waals surface area (Å²) >= 11 is 0. The molecule has 3 rings (SSSR count). The van der Waals surface area contributed by atoms with Crippen LogP contribution in [0.2, 0.25) is 0 Å². The van der Waals surface area contributed by atoms with Crippen molar-refractivity contribution < 1.29 is 0 Å². The van der Waals surface area contributed by atoms with Gasteiger partial charge in [0.25, 0.3) is 0 Å². The number of hydrogen-bond acceptors (Lipinski definition) is 3. The molecule has 1 heterocycles. The van der Waals surface area contributed by atoms with Crippen LogP contribution in [0.15, 0.2) is 6.07 Å². The summed E-state index contributed by atoms with van der Waals surface area (Å²) in [5.74, 6) is 2.71. The highest BCUT2D eigenvalue weighted by Gasteiger charge is 2.31. The summed E-state index contributed by atoms with van der Waals surface area (Å²) < 4.78 is 0. The first-order valence-corrected chi connectivity index (χ1v) is 7.62. The van der Waals surface area contributed by atoms with Crippen molar-refractivity contribution in [3.8, 4) is 0 Å². The number of pyridine rings is 1. The van der Waals surface area contributed by atoms with Crippen LogP contribution in [0.5, 0.6) is 0 Å². The standard InChI is InChI=1S/C16H24N4/c1-10-7-11(2)19-16(14(10)15(17)18)20(8-12-3-4-12)9-13-5-6-13/h7,12-13H,3-6,8-9H2,1-2H3,(H3,17,18). The van der Waals surface area contributed by atoms with Gasteiger partial charge in [-0.25, -0.2) is 4.98 Å². The highest BCUT2D eigenvalue weighted by molar-refractivity contribution is 6.01. The van der Waals surface area contributed by atoms with Crippen molar-refractivity contribution in [3.05, 3.63) is 22.9 Å². The summed E-state index contributed by atoms with van der Waals surface area (Å²) in [6.07, 6.45) is 5.34. The Morgan fingerprint density at radius 3 is 2.25 bits per heavy atom. The molecule has 0 aromatic carbocycles. The zero-order valence-electron chi connectivity index (χ0n) is 12.4. The normalized spacial score (nSPS) is 18.1. The Morgan fingerprint density at radius 1 is 1.25 bits per heavy atom. The Labute approximate surface area is 120 Å². The van der Waals surface area contributed by atoms with Crippen molar-refractivity contribution in [1.82, 2.24) is 4.98 Å². The molecule has 2 saturated carbocycles. The van der Waals surface area contributed by atoms with E-state index in [4.69, 9.17) is 16.1 Å². The Morgan fingerprint density at radius 2 is 1.80 bits per heavy atom. The first kappa shape index (κ1) is 13.4. The Balaban J connectivity index is 1.96. The Hall–Kier alpha value is -1.58. The van der Waals surface area contributed by atoms with Gasteiger partial charge in [0.15, 0.2) is 0 Å². The molecule has 4 heteroatoms. The average molecular weight is 272 g/mol. The van der Waals surface area contributed by atoms with E-state index in [1.54, 1.807) is 0 Å². The van der Waals surface area contributed by atoms with Gasteiger partial charge in [-0.1, -0.05) is 0 Å². The van der Waals surface area contributed by atoms with Crippen molar-refractivity contribution >= 4 is 11.7 Å². The second-order valence-electron chi connectivity index (χ2n) is 6.48. The lowest BCUT2D eigenvalue weighted by atomic mass is 10.1. The summed E-state index contributed by atoms with van der Waals surface area (Å²) in [7, 11) is 0. The molecular formula is C16H24N4. The predicted octanol–water partition coefficient (Wildman–Crippen LogP) is 2.61. The van der Waals surface area contributed by atoms with Crippen LogP contribution in [-0.4, -0.2) is 23.9 Å². The quantitative estimate of drug-likeness (QED) is 0.618. The molecule has 108 valence electrons. The molecule has 2 aliphatic carbocycles. The smallest absolute Gasteiger partial charge is 0.140 e. The Bertz CT molecular complexity index is 516. The van der Waals surface area contributed by atoms with Crippen molar-refractivity contribution in [3.63, 3.8) is 0 Å². The van der Waals surface area contributed by atoms with E-state index in [0.29, 0.717) is 0 Å². The minimum absolute atomic E-state index is 0.140. The van der Waals surface area contributed by atoms with E-state index in [9.17, 15) is 0 Å². The van der Waals surface area contributed by atoms with E-state index >= 15 is 0 Å².